The molecule has 0 aliphatic carbocycles. The standard InChI is InChI=1S/C22H28N2O4S/c1-16-6-4-7-18(12-16)14-23-22(25)19-8-5-11-24(15-19)29(26,27)20-9-10-21(28-3)17(2)13-20/h4,6-7,9-10,12-13,19H,5,8,11,14-15H2,1-3H3,(H,23,25)/t19-/m1/s1. The van der Waals surface area contributed by atoms with Crippen molar-refractivity contribution < 1.29 is 17.9 Å². The van der Waals surface area contributed by atoms with Crippen LogP contribution in [0.4, 0.5) is 0 Å². The maximum atomic E-state index is 13.1. The van der Waals surface area contributed by atoms with Crippen LogP contribution in [0.2, 0.25) is 0 Å². The van der Waals surface area contributed by atoms with E-state index in [-0.39, 0.29) is 23.3 Å². The van der Waals surface area contributed by atoms with Crippen molar-refractivity contribution >= 4 is 15.9 Å². The molecular weight excluding hydrogens is 388 g/mol. The van der Waals surface area contributed by atoms with Crippen molar-refractivity contribution in [3.05, 3.63) is 59.2 Å². The molecule has 29 heavy (non-hydrogen) atoms. The van der Waals surface area contributed by atoms with Crippen LogP contribution in [0.25, 0.3) is 0 Å². The molecule has 0 radical (unpaired) electrons. The van der Waals surface area contributed by atoms with Gasteiger partial charge in [0.25, 0.3) is 0 Å². The van der Waals surface area contributed by atoms with Gasteiger partial charge in [0.15, 0.2) is 0 Å². The number of nitrogens with zero attached hydrogens (tertiary/aromatic N) is 1. The van der Waals surface area contributed by atoms with Crippen LogP contribution in [0.5, 0.6) is 5.75 Å². The van der Waals surface area contributed by atoms with E-state index in [1.165, 1.54) is 4.31 Å². The molecule has 0 unspecified atom stereocenters. The average Bonchev–Trinajstić information content (AvgIpc) is 2.72. The summed E-state index contributed by atoms with van der Waals surface area (Å²) in [5.74, 6) is 0.205. The molecule has 0 bridgehead atoms. The molecule has 0 aromatic heterocycles. The number of rotatable bonds is 6. The lowest BCUT2D eigenvalue weighted by Gasteiger charge is -2.31. The zero-order valence-electron chi connectivity index (χ0n) is 17.1. The molecule has 2 aromatic carbocycles. The molecule has 0 saturated carbocycles. The Balaban J connectivity index is 1.67. The monoisotopic (exact) mass is 416 g/mol. The van der Waals surface area contributed by atoms with Crippen LogP contribution in [-0.2, 0) is 21.4 Å². The molecule has 1 saturated heterocycles. The highest BCUT2D eigenvalue weighted by molar-refractivity contribution is 7.89. The smallest absolute Gasteiger partial charge is 0.243 e. The van der Waals surface area contributed by atoms with Gasteiger partial charge in [-0.25, -0.2) is 8.42 Å². The third kappa shape index (κ3) is 4.97. The Bertz CT molecular complexity index is 988. The molecule has 3 rings (SSSR count). The van der Waals surface area contributed by atoms with Crippen molar-refractivity contribution in [1.29, 1.82) is 0 Å². The molecule has 1 N–H and O–H groups in total. The van der Waals surface area contributed by atoms with Gasteiger partial charge >= 0.3 is 0 Å². The lowest BCUT2D eigenvalue weighted by Crippen LogP contribution is -2.45. The van der Waals surface area contributed by atoms with Gasteiger partial charge in [0.1, 0.15) is 5.75 Å². The fraction of sp³-hybridized carbons (Fsp3) is 0.409. The Kier molecular flexibility index (Phi) is 6.59. The molecule has 1 aliphatic heterocycles. The number of hydrogen-bond donors (Lipinski definition) is 1. The molecule has 1 atom stereocenters. The minimum atomic E-state index is -3.65. The second kappa shape index (κ2) is 8.97. The predicted octanol–water partition coefficient (Wildman–Crippen LogP) is 3.03. The molecule has 6 nitrogen and oxygen atoms in total. The summed E-state index contributed by atoms with van der Waals surface area (Å²) in [6, 6.07) is 12.8. The second-order valence-electron chi connectivity index (χ2n) is 7.54. The lowest BCUT2D eigenvalue weighted by atomic mass is 9.98. The van der Waals surface area contributed by atoms with E-state index in [4.69, 9.17) is 4.74 Å². The molecule has 1 amide bonds. The lowest BCUT2D eigenvalue weighted by molar-refractivity contribution is -0.126. The Morgan fingerprint density at radius 3 is 2.69 bits per heavy atom. The van der Waals surface area contributed by atoms with E-state index in [2.05, 4.69) is 5.32 Å². The Labute approximate surface area is 172 Å². The Morgan fingerprint density at radius 2 is 2.00 bits per heavy atom. The molecule has 1 aliphatic rings. The number of nitrogens with one attached hydrogen (secondary N) is 1. The predicted molar refractivity (Wildman–Crippen MR) is 112 cm³/mol. The largest absolute Gasteiger partial charge is 0.496 e. The summed E-state index contributed by atoms with van der Waals surface area (Å²) in [7, 11) is -2.09. The van der Waals surface area contributed by atoms with Gasteiger partial charge in [0.05, 0.1) is 17.9 Å². The minimum absolute atomic E-state index is 0.0997. The number of methoxy groups -OCH3 is 1. The first kappa shape index (κ1) is 21.3. The van der Waals surface area contributed by atoms with Crippen LogP contribution in [0.15, 0.2) is 47.4 Å². The van der Waals surface area contributed by atoms with E-state index in [0.29, 0.717) is 31.7 Å². The molecule has 1 heterocycles. The van der Waals surface area contributed by atoms with Crippen molar-refractivity contribution in [3.8, 4) is 5.75 Å². The molecule has 2 aromatic rings. The van der Waals surface area contributed by atoms with Gasteiger partial charge in [-0.2, -0.15) is 4.31 Å². The first-order chi connectivity index (χ1) is 13.8. The van der Waals surface area contributed by atoms with E-state index in [9.17, 15) is 13.2 Å². The fourth-order valence-corrected chi connectivity index (χ4v) is 5.30. The van der Waals surface area contributed by atoms with Gasteiger partial charge in [-0.15, -0.1) is 0 Å². The quantitative estimate of drug-likeness (QED) is 0.785. The molecule has 7 heteroatoms. The first-order valence-electron chi connectivity index (χ1n) is 9.79. The molecule has 1 fully saturated rings. The summed E-state index contributed by atoms with van der Waals surface area (Å²) in [4.78, 5) is 12.9. The van der Waals surface area contributed by atoms with Crippen LogP contribution in [0, 0.1) is 19.8 Å². The number of aryl methyl sites for hydroxylation is 2. The van der Waals surface area contributed by atoms with E-state index in [1.54, 1.807) is 25.3 Å². The van der Waals surface area contributed by atoms with Crippen LogP contribution in [-0.4, -0.2) is 38.8 Å². The van der Waals surface area contributed by atoms with Crippen molar-refractivity contribution in [3.63, 3.8) is 0 Å². The van der Waals surface area contributed by atoms with Crippen molar-refractivity contribution in [2.24, 2.45) is 5.92 Å². The number of carbonyl (C=O) groups excluding carboxylic acids is 1. The highest BCUT2D eigenvalue weighted by Crippen LogP contribution is 2.27. The van der Waals surface area contributed by atoms with Crippen LogP contribution in [0.3, 0.4) is 0 Å². The van der Waals surface area contributed by atoms with Gasteiger partial charge in [-0.05, 0) is 56.0 Å². The van der Waals surface area contributed by atoms with Crippen molar-refractivity contribution in [2.45, 2.75) is 38.1 Å². The molecule has 0 spiro atoms. The molecular formula is C22H28N2O4S. The number of sulfonamides is 1. The van der Waals surface area contributed by atoms with Crippen molar-refractivity contribution in [2.75, 3.05) is 20.2 Å². The van der Waals surface area contributed by atoms with Crippen LogP contribution < -0.4 is 10.1 Å². The molecule has 156 valence electrons. The maximum absolute atomic E-state index is 13.1. The zero-order valence-corrected chi connectivity index (χ0v) is 18.0. The zero-order chi connectivity index (χ0) is 21.0. The normalized spacial score (nSPS) is 17.7. The summed E-state index contributed by atoms with van der Waals surface area (Å²) >= 11 is 0. The van der Waals surface area contributed by atoms with E-state index in [0.717, 1.165) is 16.7 Å². The maximum Gasteiger partial charge on any atom is 0.243 e. The highest BCUT2D eigenvalue weighted by atomic mass is 32.2. The summed E-state index contributed by atoms with van der Waals surface area (Å²) < 4.78 is 32.8. The first-order valence-corrected chi connectivity index (χ1v) is 11.2. The fourth-order valence-electron chi connectivity index (χ4n) is 3.69. The number of ether oxygens (including phenoxy) is 1. The van der Waals surface area contributed by atoms with Crippen LogP contribution in [0.1, 0.15) is 29.5 Å². The number of hydrogen-bond acceptors (Lipinski definition) is 4. The van der Waals surface area contributed by atoms with Gasteiger partial charge in [0, 0.05) is 19.6 Å². The number of benzene rings is 2. The third-order valence-electron chi connectivity index (χ3n) is 5.31. The number of piperidine rings is 1. The topological polar surface area (TPSA) is 75.7 Å². The summed E-state index contributed by atoms with van der Waals surface area (Å²) in [5, 5.41) is 2.95. The average molecular weight is 417 g/mol. The SMILES string of the molecule is COc1ccc(S(=O)(=O)N2CCC[C@@H](C(=O)NCc3cccc(C)c3)C2)cc1C. The summed E-state index contributed by atoms with van der Waals surface area (Å²) in [6.45, 7) is 4.90. The number of amides is 1. The summed E-state index contributed by atoms with van der Waals surface area (Å²) in [6.07, 6.45) is 1.35. The second-order valence-corrected chi connectivity index (χ2v) is 9.48. The van der Waals surface area contributed by atoms with E-state index >= 15 is 0 Å². The van der Waals surface area contributed by atoms with Gasteiger partial charge in [-0.1, -0.05) is 29.8 Å². The van der Waals surface area contributed by atoms with E-state index in [1.807, 2.05) is 38.1 Å². The summed E-state index contributed by atoms with van der Waals surface area (Å²) in [5.41, 5.74) is 2.94. The van der Waals surface area contributed by atoms with Crippen molar-refractivity contribution in [1.82, 2.24) is 9.62 Å². The minimum Gasteiger partial charge on any atom is -0.496 e. The van der Waals surface area contributed by atoms with Gasteiger partial charge < -0.3 is 10.1 Å². The Hall–Kier alpha value is -2.38. The van der Waals surface area contributed by atoms with Crippen LogP contribution >= 0.6 is 0 Å². The van der Waals surface area contributed by atoms with E-state index < -0.39 is 10.0 Å². The van der Waals surface area contributed by atoms with Gasteiger partial charge in [0.2, 0.25) is 15.9 Å². The highest BCUT2D eigenvalue weighted by Gasteiger charge is 2.33. The third-order valence-corrected chi connectivity index (χ3v) is 7.17. The van der Waals surface area contributed by atoms with Gasteiger partial charge in [-0.3, -0.25) is 4.79 Å². The Morgan fingerprint density at radius 1 is 1.21 bits per heavy atom. The number of carbonyl (C=O) groups is 1.